The average Bonchev–Trinajstić information content (AvgIpc) is 2.47. The summed E-state index contributed by atoms with van der Waals surface area (Å²) in [5.74, 6) is 0.945. The Kier molecular flexibility index (Phi) is 4.18. The molecule has 0 radical (unpaired) electrons. The molecule has 2 aromatic carbocycles. The van der Waals surface area contributed by atoms with E-state index in [0.717, 1.165) is 22.7 Å². The van der Waals surface area contributed by atoms with Crippen LogP contribution >= 0.6 is 0 Å². The van der Waals surface area contributed by atoms with Gasteiger partial charge in [-0.1, -0.05) is 25.1 Å². The minimum atomic E-state index is 0.147. The van der Waals surface area contributed by atoms with Gasteiger partial charge in [0.15, 0.2) is 5.78 Å². The normalized spacial score (nSPS) is 10.0. The standard InChI is InChI=1S/C16H17NO2/c1-3-16(18)12-6-4-7-13(10-12)17-14-8-5-9-15(11-14)19-2/h4-11,17H,3H2,1-2H3. The highest BCUT2D eigenvalue weighted by Crippen LogP contribution is 2.22. The van der Waals surface area contributed by atoms with E-state index in [1.807, 2.05) is 55.5 Å². The third kappa shape index (κ3) is 3.35. The van der Waals surface area contributed by atoms with Crippen molar-refractivity contribution in [1.29, 1.82) is 0 Å². The maximum atomic E-state index is 11.7. The number of benzene rings is 2. The number of ketones is 1. The molecular weight excluding hydrogens is 238 g/mol. The molecule has 0 saturated carbocycles. The summed E-state index contributed by atoms with van der Waals surface area (Å²) in [5.41, 5.74) is 2.56. The Labute approximate surface area is 113 Å². The third-order valence-corrected chi connectivity index (χ3v) is 2.86. The van der Waals surface area contributed by atoms with Gasteiger partial charge in [-0.05, 0) is 24.3 Å². The average molecular weight is 255 g/mol. The third-order valence-electron chi connectivity index (χ3n) is 2.86. The van der Waals surface area contributed by atoms with Crippen molar-refractivity contribution < 1.29 is 9.53 Å². The number of carbonyl (C=O) groups is 1. The van der Waals surface area contributed by atoms with E-state index in [2.05, 4.69) is 5.32 Å². The number of methoxy groups -OCH3 is 1. The van der Waals surface area contributed by atoms with Crippen molar-refractivity contribution in [2.45, 2.75) is 13.3 Å². The number of Topliss-reactive ketones (excluding diaryl/α,β-unsaturated/α-hetero) is 1. The zero-order chi connectivity index (χ0) is 13.7. The summed E-state index contributed by atoms with van der Waals surface area (Å²) < 4.78 is 5.18. The van der Waals surface area contributed by atoms with Gasteiger partial charge in [-0.25, -0.2) is 0 Å². The lowest BCUT2D eigenvalue weighted by atomic mass is 10.1. The van der Waals surface area contributed by atoms with Crippen molar-refractivity contribution in [1.82, 2.24) is 0 Å². The number of nitrogens with one attached hydrogen (secondary N) is 1. The van der Waals surface area contributed by atoms with Crippen molar-refractivity contribution in [3.8, 4) is 5.75 Å². The second kappa shape index (κ2) is 6.05. The molecule has 0 heterocycles. The number of rotatable bonds is 5. The van der Waals surface area contributed by atoms with Gasteiger partial charge >= 0.3 is 0 Å². The van der Waals surface area contributed by atoms with Crippen molar-refractivity contribution in [2.75, 3.05) is 12.4 Å². The Morgan fingerprint density at radius 2 is 1.79 bits per heavy atom. The van der Waals surface area contributed by atoms with Gasteiger partial charge in [0, 0.05) is 29.4 Å². The molecule has 0 spiro atoms. The van der Waals surface area contributed by atoms with E-state index in [0.29, 0.717) is 6.42 Å². The van der Waals surface area contributed by atoms with Gasteiger partial charge in [-0.3, -0.25) is 4.79 Å². The van der Waals surface area contributed by atoms with Crippen molar-refractivity contribution in [2.24, 2.45) is 0 Å². The SMILES string of the molecule is CCC(=O)c1cccc(Nc2cccc(OC)c2)c1. The van der Waals surface area contributed by atoms with Crippen LogP contribution in [0.4, 0.5) is 11.4 Å². The van der Waals surface area contributed by atoms with Gasteiger partial charge < -0.3 is 10.1 Å². The summed E-state index contributed by atoms with van der Waals surface area (Å²) in [5, 5.41) is 3.27. The summed E-state index contributed by atoms with van der Waals surface area (Å²) in [6.45, 7) is 1.87. The minimum Gasteiger partial charge on any atom is -0.497 e. The predicted octanol–water partition coefficient (Wildman–Crippen LogP) is 4.03. The summed E-state index contributed by atoms with van der Waals surface area (Å²) in [4.78, 5) is 11.7. The Hall–Kier alpha value is -2.29. The van der Waals surface area contributed by atoms with Crippen LogP contribution < -0.4 is 10.1 Å². The van der Waals surface area contributed by atoms with Gasteiger partial charge in [0.05, 0.1) is 7.11 Å². The molecular formula is C16H17NO2. The number of hydrogen-bond acceptors (Lipinski definition) is 3. The maximum absolute atomic E-state index is 11.7. The van der Waals surface area contributed by atoms with Crippen LogP contribution in [0.2, 0.25) is 0 Å². The van der Waals surface area contributed by atoms with E-state index in [-0.39, 0.29) is 5.78 Å². The Morgan fingerprint density at radius 3 is 2.47 bits per heavy atom. The van der Waals surface area contributed by atoms with Crippen LogP contribution in [0.3, 0.4) is 0 Å². The van der Waals surface area contributed by atoms with Crippen LogP contribution in [-0.2, 0) is 0 Å². The molecule has 0 amide bonds. The molecule has 0 fully saturated rings. The number of hydrogen-bond donors (Lipinski definition) is 1. The summed E-state index contributed by atoms with van der Waals surface area (Å²) in [6.07, 6.45) is 0.516. The lowest BCUT2D eigenvalue weighted by molar-refractivity contribution is 0.0988. The highest BCUT2D eigenvalue weighted by Gasteiger charge is 2.04. The van der Waals surface area contributed by atoms with Crippen molar-refractivity contribution >= 4 is 17.2 Å². The molecule has 3 heteroatoms. The summed E-state index contributed by atoms with van der Waals surface area (Å²) >= 11 is 0. The monoisotopic (exact) mass is 255 g/mol. The fraction of sp³-hybridized carbons (Fsp3) is 0.188. The Balaban J connectivity index is 2.20. The van der Waals surface area contributed by atoms with Crippen molar-refractivity contribution in [3.05, 3.63) is 54.1 Å². The first-order valence-corrected chi connectivity index (χ1v) is 6.27. The number of carbonyl (C=O) groups excluding carboxylic acids is 1. The maximum Gasteiger partial charge on any atom is 0.162 e. The molecule has 0 atom stereocenters. The molecule has 0 aliphatic rings. The molecule has 19 heavy (non-hydrogen) atoms. The van der Waals surface area contributed by atoms with E-state index in [9.17, 15) is 4.79 Å². The van der Waals surface area contributed by atoms with Crippen molar-refractivity contribution in [3.63, 3.8) is 0 Å². The first-order valence-electron chi connectivity index (χ1n) is 6.27. The number of anilines is 2. The molecule has 0 saturated heterocycles. The second-order valence-corrected chi connectivity index (χ2v) is 4.21. The summed E-state index contributed by atoms with van der Waals surface area (Å²) in [6, 6.07) is 15.2. The highest BCUT2D eigenvalue weighted by molar-refractivity contribution is 5.96. The molecule has 0 unspecified atom stereocenters. The molecule has 0 aliphatic carbocycles. The van der Waals surface area contributed by atoms with Crippen LogP contribution in [0.5, 0.6) is 5.75 Å². The smallest absolute Gasteiger partial charge is 0.162 e. The zero-order valence-corrected chi connectivity index (χ0v) is 11.1. The van der Waals surface area contributed by atoms with Gasteiger partial charge in [0.1, 0.15) is 5.75 Å². The minimum absolute atomic E-state index is 0.147. The van der Waals surface area contributed by atoms with E-state index >= 15 is 0 Å². The van der Waals surface area contributed by atoms with Crippen LogP contribution in [0.15, 0.2) is 48.5 Å². The fourth-order valence-corrected chi connectivity index (χ4v) is 1.84. The molecule has 1 N–H and O–H groups in total. The predicted molar refractivity (Wildman–Crippen MR) is 77.3 cm³/mol. The van der Waals surface area contributed by atoms with Crippen LogP contribution in [0.1, 0.15) is 23.7 Å². The van der Waals surface area contributed by atoms with Gasteiger partial charge in [-0.2, -0.15) is 0 Å². The molecule has 0 bridgehead atoms. The molecule has 2 rings (SSSR count). The molecule has 2 aromatic rings. The first-order chi connectivity index (χ1) is 9.22. The Morgan fingerprint density at radius 1 is 1.11 bits per heavy atom. The highest BCUT2D eigenvalue weighted by atomic mass is 16.5. The number of ether oxygens (including phenoxy) is 1. The topological polar surface area (TPSA) is 38.3 Å². The molecule has 0 aliphatic heterocycles. The van der Waals surface area contributed by atoms with Crippen LogP contribution in [0, 0.1) is 0 Å². The van der Waals surface area contributed by atoms with Gasteiger partial charge in [0.25, 0.3) is 0 Å². The quantitative estimate of drug-likeness (QED) is 0.820. The molecule has 0 aromatic heterocycles. The largest absolute Gasteiger partial charge is 0.497 e. The van der Waals surface area contributed by atoms with Crippen LogP contribution in [-0.4, -0.2) is 12.9 Å². The lowest BCUT2D eigenvalue weighted by Crippen LogP contribution is -1.98. The van der Waals surface area contributed by atoms with E-state index in [1.165, 1.54) is 0 Å². The summed E-state index contributed by atoms with van der Waals surface area (Å²) in [7, 11) is 1.64. The van der Waals surface area contributed by atoms with E-state index < -0.39 is 0 Å². The Bertz CT molecular complexity index is 578. The van der Waals surface area contributed by atoms with Gasteiger partial charge in [0.2, 0.25) is 0 Å². The fourth-order valence-electron chi connectivity index (χ4n) is 1.84. The van der Waals surface area contributed by atoms with E-state index in [1.54, 1.807) is 7.11 Å². The van der Waals surface area contributed by atoms with E-state index in [4.69, 9.17) is 4.74 Å². The zero-order valence-electron chi connectivity index (χ0n) is 11.1. The molecule has 98 valence electrons. The molecule has 3 nitrogen and oxygen atoms in total. The van der Waals surface area contributed by atoms with Gasteiger partial charge in [-0.15, -0.1) is 0 Å². The first kappa shape index (κ1) is 13.1. The van der Waals surface area contributed by atoms with Crippen LogP contribution in [0.25, 0.3) is 0 Å². The second-order valence-electron chi connectivity index (χ2n) is 4.21. The lowest BCUT2D eigenvalue weighted by Gasteiger charge is -2.09.